The summed E-state index contributed by atoms with van der Waals surface area (Å²) in [6.07, 6.45) is 2.95. The van der Waals surface area contributed by atoms with Gasteiger partial charge in [0.2, 0.25) is 0 Å². The largest absolute Gasteiger partial charge is 0.369 e. The third kappa shape index (κ3) is 3.57. The standard InChI is InChI=1S/C13H22N4O3S/c1-4-16(5-2)21(18,19)17-6-7-20-13(10-17)12-9-14-11(3)8-15-12/h8-9,13H,4-7,10H2,1-3H3/t13-/m0/s1. The highest BCUT2D eigenvalue weighted by Crippen LogP contribution is 2.23. The summed E-state index contributed by atoms with van der Waals surface area (Å²) in [5.41, 5.74) is 1.49. The summed E-state index contributed by atoms with van der Waals surface area (Å²) in [7, 11) is -3.43. The lowest BCUT2D eigenvalue weighted by molar-refractivity contribution is -0.00680. The van der Waals surface area contributed by atoms with Crippen LogP contribution in [0, 0.1) is 6.92 Å². The van der Waals surface area contributed by atoms with Crippen LogP contribution in [0.5, 0.6) is 0 Å². The molecule has 0 amide bonds. The molecule has 0 bridgehead atoms. The Morgan fingerprint density at radius 2 is 2.05 bits per heavy atom. The van der Waals surface area contributed by atoms with Gasteiger partial charge in [0.1, 0.15) is 6.10 Å². The van der Waals surface area contributed by atoms with Gasteiger partial charge in [0.25, 0.3) is 10.2 Å². The van der Waals surface area contributed by atoms with E-state index in [0.717, 1.165) is 5.69 Å². The molecule has 21 heavy (non-hydrogen) atoms. The van der Waals surface area contributed by atoms with Crippen LogP contribution in [0.15, 0.2) is 12.4 Å². The minimum atomic E-state index is -3.43. The van der Waals surface area contributed by atoms with Crippen LogP contribution in [-0.2, 0) is 14.9 Å². The fourth-order valence-corrected chi connectivity index (χ4v) is 3.90. The normalized spacial score (nSPS) is 20.9. The van der Waals surface area contributed by atoms with Gasteiger partial charge in [0, 0.05) is 32.4 Å². The molecule has 1 aromatic heterocycles. The fourth-order valence-electron chi connectivity index (χ4n) is 2.30. The molecule has 0 radical (unpaired) electrons. The van der Waals surface area contributed by atoms with Gasteiger partial charge in [-0.2, -0.15) is 17.0 Å². The molecular formula is C13H22N4O3S. The Balaban J connectivity index is 2.15. The molecule has 0 N–H and O–H groups in total. The number of hydrogen-bond donors (Lipinski definition) is 0. The summed E-state index contributed by atoms with van der Waals surface area (Å²) in [4.78, 5) is 8.47. The Bertz CT molecular complexity index is 557. The number of aromatic nitrogens is 2. The van der Waals surface area contributed by atoms with E-state index >= 15 is 0 Å². The van der Waals surface area contributed by atoms with Crippen LogP contribution in [0.25, 0.3) is 0 Å². The van der Waals surface area contributed by atoms with Gasteiger partial charge in [-0.25, -0.2) is 0 Å². The predicted octanol–water partition coefficient (Wildman–Crippen LogP) is 0.745. The van der Waals surface area contributed by atoms with E-state index in [0.29, 0.717) is 31.9 Å². The first kappa shape index (κ1) is 16.3. The second kappa shape index (κ2) is 6.78. The number of rotatable bonds is 5. The van der Waals surface area contributed by atoms with E-state index in [1.165, 1.54) is 8.61 Å². The molecule has 8 heteroatoms. The van der Waals surface area contributed by atoms with Crippen molar-refractivity contribution in [1.82, 2.24) is 18.6 Å². The van der Waals surface area contributed by atoms with Gasteiger partial charge in [-0.1, -0.05) is 13.8 Å². The minimum Gasteiger partial charge on any atom is -0.369 e. The minimum absolute atomic E-state index is 0.274. The maximum absolute atomic E-state index is 12.5. The molecule has 1 saturated heterocycles. The van der Waals surface area contributed by atoms with Crippen molar-refractivity contribution >= 4 is 10.2 Å². The average molecular weight is 314 g/mol. The first-order valence-electron chi connectivity index (χ1n) is 7.14. The van der Waals surface area contributed by atoms with Crippen molar-refractivity contribution in [3.63, 3.8) is 0 Å². The number of ether oxygens (including phenoxy) is 1. The molecule has 2 heterocycles. The van der Waals surface area contributed by atoms with E-state index < -0.39 is 10.2 Å². The van der Waals surface area contributed by atoms with Gasteiger partial charge in [-0.15, -0.1) is 0 Å². The molecule has 1 aliphatic rings. The Labute approximate surface area is 126 Å². The van der Waals surface area contributed by atoms with Gasteiger partial charge >= 0.3 is 0 Å². The molecule has 0 unspecified atom stereocenters. The van der Waals surface area contributed by atoms with Crippen LogP contribution in [0.1, 0.15) is 31.3 Å². The summed E-state index contributed by atoms with van der Waals surface area (Å²) in [5, 5.41) is 0. The Hall–Kier alpha value is -1.09. The van der Waals surface area contributed by atoms with E-state index in [-0.39, 0.29) is 12.6 Å². The molecular weight excluding hydrogens is 292 g/mol. The number of nitrogens with zero attached hydrogens (tertiary/aromatic N) is 4. The highest BCUT2D eigenvalue weighted by Gasteiger charge is 2.33. The summed E-state index contributed by atoms with van der Waals surface area (Å²) in [6.45, 7) is 7.47. The van der Waals surface area contributed by atoms with Crippen molar-refractivity contribution in [3.05, 3.63) is 23.8 Å². The quantitative estimate of drug-likeness (QED) is 0.801. The van der Waals surface area contributed by atoms with E-state index in [1.54, 1.807) is 12.4 Å². The molecule has 7 nitrogen and oxygen atoms in total. The smallest absolute Gasteiger partial charge is 0.282 e. The molecule has 1 aromatic rings. The van der Waals surface area contributed by atoms with Crippen molar-refractivity contribution in [2.45, 2.75) is 26.9 Å². The molecule has 0 spiro atoms. The van der Waals surface area contributed by atoms with Crippen LogP contribution >= 0.6 is 0 Å². The predicted molar refractivity (Wildman–Crippen MR) is 78.9 cm³/mol. The molecule has 0 aliphatic carbocycles. The highest BCUT2D eigenvalue weighted by atomic mass is 32.2. The van der Waals surface area contributed by atoms with Crippen LogP contribution in [0.2, 0.25) is 0 Å². The van der Waals surface area contributed by atoms with Crippen molar-refractivity contribution in [2.75, 3.05) is 32.8 Å². The first-order chi connectivity index (χ1) is 9.98. The summed E-state index contributed by atoms with van der Waals surface area (Å²) in [6, 6.07) is 0. The molecule has 0 saturated carbocycles. The van der Waals surface area contributed by atoms with E-state index in [4.69, 9.17) is 4.74 Å². The number of morpholine rings is 1. The van der Waals surface area contributed by atoms with Gasteiger partial charge in [0.15, 0.2) is 0 Å². The van der Waals surface area contributed by atoms with Crippen LogP contribution in [-0.4, -0.2) is 59.8 Å². The second-order valence-corrected chi connectivity index (χ2v) is 6.82. The summed E-state index contributed by atoms with van der Waals surface area (Å²) < 4.78 is 33.6. The van der Waals surface area contributed by atoms with Crippen LogP contribution < -0.4 is 0 Å². The lowest BCUT2D eigenvalue weighted by Crippen LogP contribution is -2.49. The van der Waals surface area contributed by atoms with Gasteiger partial charge in [-0.3, -0.25) is 9.97 Å². The zero-order chi connectivity index (χ0) is 15.5. The van der Waals surface area contributed by atoms with Crippen LogP contribution in [0.4, 0.5) is 0 Å². The molecule has 118 valence electrons. The lowest BCUT2D eigenvalue weighted by atomic mass is 10.2. The molecule has 2 rings (SSSR count). The zero-order valence-electron chi connectivity index (χ0n) is 12.7. The third-order valence-corrected chi connectivity index (χ3v) is 5.67. The lowest BCUT2D eigenvalue weighted by Gasteiger charge is -2.34. The van der Waals surface area contributed by atoms with Gasteiger partial charge < -0.3 is 4.74 Å². The van der Waals surface area contributed by atoms with Crippen molar-refractivity contribution < 1.29 is 13.2 Å². The van der Waals surface area contributed by atoms with Crippen molar-refractivity contribution in [1.29, 1.82) is 0 Å². The SMILES string of the molecule is CCN(CC)S(=O)(=O)N1CCO[C@H](c2cnc(C)cn2)C1. The molecule has 1 fully saturated rings. The maximum atomic E-state index is 12.5. The van der Waals surface area contributed by atoms with E-state index in [1.807, 2.05) is 20.8 Å². The summed E-state index contributed by atoms with van der Waals surface area (Å²) in [5.74, 6) is 0. The van der Waals surface area contributed by atoms with E-state index in [9.17, 15) is 8.42 Å². The zero-order valence-corrected chi connectivity index (χ0v) is 13.5. The highest BCUT2D eigenvalue weighted by molar-refractivity contribution is 7.86. The first-order valence-corrected chi connectivity index (χ1v) is 8.54. The monoisotopic (exact) mass is 314 g/mol. The van der Waals surface area contributed by atoms with Crippen molar-refractivity contribution in [2.24, 2.45) is 0 Å². The molecule has 1 atom stereocenters. The number of hydrogen-bond acceptors (Lipinski definition) is 5. The van der Waals surface area contributed by atoms with Crippen LogP contribution in [0.3, 0.4) is 0 Å². The second-order valence-electron chi connectivity index (χ2n) is 4.89. The third-order valence-electron chi connectivity index (χ3n) is 3.52. The van der Waals surface area contributed by atoms with E-state index in [2.05, 4.69) is 9.97 Å². The van der Waals surface area contributed by atoms with Gasteiger partial charge in [0.05, 0.1) is 24.2 Å². The maximum Gasteiger partial charge on any atom is 0.282 e. The molecule has 0 aromatic carbocycles. The number of aryl methyl sites for hydroxylation is 1. The summed E-state index contributed by atoms with van der Waals surface area (Å²) >= 11 is 0. The topological polar surface area (TPSA) is 75.6 Å². The van der Waals surface area contributed by atoms with Gasteiger partial charge in [-0.05, 0) is 6.92 Å². The fraction of sp³-hybridized carbons (Fsp3) is 0.692. The molecule has 1 aliphatic heterocycles. The Morgan fingerprint density at radius 3 is 2.62 bits per heavy atom. The Kier molecular flexibility index (Phi) is 5.26. The average Bonchev–Trinajstić information content (AvgIpc) is 2.49. The Morgan fingerprint density at radius 1 is 1.33 bits per heavy atom. The van der Waals surface area contributed by atoms with Crippen molar-refractivity contribution in [3.8, 4) is 0 Å².